The molecule has 0 aromatic carbocycles. The molecule has 0 aliphatic carbocycles. The molecule has 19 heavy (non-hydrogen) atoms. The van der Waals surface area contributed by atoms with Gasteiger partial charge in [-0.2, -0.15) is 12.6 Å². The van der Waals surface area contributed by atoms with Gasteiger partial charge in [-0.25, -0.2) is 0 Å². The lowest BCUT2D eigenvalue weighted by Gasteiger charge is -2.07. The summed E-state index contributed by atoms with van der Waals surface area (Å²) in [5, 5.41) is 2.83. The van der Waals surface area contributed by atoms with Gasteiger partial charge in [0.2, 0.25) is 5.91 Å². The van der Waals surface area contributed by atoms with Crippen molar-refractivity contribution < 1.29 is 19.0 Å². The van der Waals surface area contributed by atoms with Crippen molar-refractivity contribution in [1.29, 1.82) is 0 Å². The highest BCUT2D eigenvalue weighted by Crippen LogP contribution is 1.99. The van der Waals surface area contributed by atoms with Crippen LogP contribution in [0.1, 0.15) is 25.7 Å². The summed E-state index contributed by atoms with van der Waals surface area (Å²) in [4.78, 5) is 11.4. The van der Waals surface area contributed by atoms with Crippen LogP contribution in [-0.4, -0.2) is 58.3 Å². The smallest absolute Gasteiger partial charge is 0.245 e. The second-order valence-electron chi connectivity index (χ2n) is 4.15. The molecule has 0 aromatic heterocycles. The van der Waals surface area contributed by atoms with E-state index < -0.39 is 0 Å². The van der Waals surface area contributed by atoms with E-state index in [9.17, 15) is 4.79 Å². The van der Waals surface area contributed by atoms with Crippen LogP contribution in [0, 0.1) is 0 Å². The van der Waals surface area contributed by atoms with E-state index >= 15 is 0 Å². The number of nitrogens with one attached hydrogen (secondary N) is 1. The quantitative estimate of drug-likeness (QED) is 0.374. The highest BCUT2D eigenvalue weighted by Gasteiger charge is 2.00. The van der Waals surface area contributed by atoms with Gasteiger partial charge in [0.15, 0.2) is 0 Å². The molecule has 1 N–H and O–H groups in total. The zero-order valence-electron chi connectivity index (χ0n) is 11.9. The third-order valence-electron chi connectivity index (χ3n) is 2.44. The van der Waals surface area contributed by atoms with Crippen LogP contribution < -0.4 is 5.32 Å². The Morgan fingerprint density at radius 3 is 2.42 bits per heavy atom. The van der Waals surface area contributed by atoms with Crippen LogP contribution in [0.4, 0.5) is 0 Å². The predicted molar refractivity (Wildman–Crippen MR) is 78.8 cm³/mol. The molecule has 114 valence electrons. The van der Waals surface area contributed by atoms with Gasteiger partial charge in [0.05, 0.1) is 26.4 Å². The first-order valence-electron chi connectivity index (χ1n) is 6.83. The monoisotopic (exact) mass is 293 g/mol. The summed E-state index contributed by atoms with van der Waals surface area (Å²) in [7, 11) is 1.63. The van der Waals surface area contributed by atoms with Crippen LogP contribution in [0.25, 0.3) is 0 Å². The molecule has 0 unspecified atom stereocenters. The van der Waals surface area contributed by atoms with Gasteiger partial charge in [-0.05, 0) is 18.6 Å². The standard InChI is InChI=1S/C13H27NO4S/c1-16-7-8-17-9-10-18-12-13(15)14-6-4-2-3-5-11-19/h19H,2-12H2,1H3,(H,14,15). The SMILES string of the molecule is COCCOCCOCC(=O)NCCCCCCS. The molecule has 6 heteroatoms. The Morgan fingerprint density at radius 1 is 1.00 bits per heavy atom. The van der Waals surface area contributed by atoms with E-state index in [-0.39, 0.29) is 12.5 Å². The number of amides is 1. The number of carbonyl (C=O) groups is 1. The Hall–Kier alpha value is -0.300. The summed E-state index contributed by atoms with van der Waals surface area (Å²) in [5.41, 5.74) is 0. The van der Waals surface area contributed by atoms with Gasteiger partial charge in [-0.3, -0.25) is 4.79 Å². The fourth-order valence-electron chi connectivity index (χ4n) is 1.40. The van der Waals surface area contributed by atoms with Crippen molar-refractivity contribution in [3.8, 4) is 0 Å². The minimum Gasteiger partial charge on any atom is -0.382 e. The molecule has 0 aliphatic heterocycles. The zero-order chi connectivity index (χ0) is 14.2. The maximum absolute atomic E-state index is 11.4. The maximum atomic E-state index is 11.4. The molecule has 0 atom stereocenters. The fraction of sp³-hybridized carbons (Fsp3) is 0.923. The van der Waals surface area contributed by atoms with Gasteiger partial charge >= 0.3 is 0 Å². The minimum atomic E-state index is -0.0638. The van der Waals surface area contributed by atoms with Crippen molar-refractivity contribution >= 4 is 18.5 Å². The Labute approximate surface area is 121 Å². The number of ether oxygens (including phenoxy) is 3. The van der Waals surface area contributed by atoms with Crippen molar-refractivity contribution in [2.45, 2.75) is 25.7 Å². The van der Waals surface area contributed by atoms with E-state index in [4.69, 9.17) is 14.2 Å². The zero-order valence-corrected chi connectivity index (χ0v) is 12.8. The molecular formula is C13H27NO4S. The molecule has 0 saturated heterocycles. The molecule has 0 rings (SSSR count). The number of unbranched alkanes of at least 4 members (excludes halogenated alkanes) is 3. The summed E-state index contributed by atoms with van der Waals surface area (Å²) >= 11 is 4.15. The lowest BCUT2D eigenvalue weighted by atomic mass is 10.2. The van der Waals surface area contributed by atoms with Crippen LogP contribution in [0.5, 0.6) is 0 Å². The van der Waals surface area contributed by atoms with E-state index in [0.717, 1.165) is 31.6 Å². The van der Waals surface area contributed by atoms with Crippen molar-refractivity contribution in [1.82, 2.24) is 5.32 Å². The van der Waals surface area contributed by atoms with Gasteiger partial charge in [0.1, 0.15) is 6.61 Å². The predicted octanol–water partition coefficient (Wildman–Crippen LogP) is 1.27. The Bertz CT molecular complexity index is 205. The summed E-state index contributed by atoms with van der Waals surface area (Å²) in [6, 6.07) is 0. The van der Waals surface area contributed by atoms with Gasteiger partial charge in [-0.1, -0.05) is 12.8 Å². The Morgan fingerprint density at radius 2 is 1.68 bits per heavy atom. The Balaban J connectivity index is 3.13. The number of carbonyl (C=O) groups excluding carboxylic acids is 1. The van der Waals surface area contributed by atoms with Crippen LogP contribution in [0.15, 0.2) is 0 Å². The number of rotatable bonds is 14. The van der Waals surface area contributed by atoms with Crippen molar-refractivity contribution in [3.05, 3.63) is 0 Å². The molecule has 0 radical (unpaired) electrons. The first-order valence-corrected chi connectivity index (χ1v) is 7.46. The van der Waals surface area contributed by atoms with Crippen LogP contribution in [-0.2, 0) is 19.0 Å². The van der Waals surface area contributed by atoms with Gasteiger partial charge in [0, 0.05) is 13.7 Å². The van der Waals surface area contributed by atoms with E-state index in [1.165, 1.54) is 6.42 Å². The average Bonchev–Trinajstić information content (AvgIpc) is 2.41. The van der Waals surface area contributed by atoms with E-state index in [0.29, 0.717) is 26.4 Å². The summed E-state index contributed by atoms with van der Waals surface area (Å²) in [6.07, 6.45) is 4.46. The molecular weight excluding hydrogens is 266 g/mol. The second-order valence-corrected chi connectivity index (χ2v) is 4.59. The number of methoxy groups -OCH3 is 1. The number of thiol groups is 1. The van der Waals surface area contributed by atoms with Crippen molar-refractivity contribution in [2.75, 3.05) is 52.4 Å². The van der Waals surface area contributed by atoms with E-state index in [1.807, 2.05) is 0 Å². The van der Waals surface area contributed by atoms with Gasteiger partial charge in [-0.15, -0.1) is 0 Å². The average molecular weight is 293 g/mol. The molecule has 0 aliphatic rings. The summed E-state index contributed by atoms with van der Waals surface area (Å²) in [5.74, 6) is 0.873. The largest absolute Gasteiger partial charge is 0.382 e. The Kier molecular flexibility index (Phi) is 15.5. The second kappa shape index (κ2) is 15.8. The first kappa shape index (κ1) is 18.7. The molecule has 0 aromatic rings. The molecule has 5 nitrogen and oxygen atoms in total. The minimum absolute atomic E-state index is 0.0638. The first-order chi connectivity index (χ1) is 9.31. The normalized spacial score (nSPS) is 10.6. The van der Waals surface area contributed by atoms with Crippen molar-refractivity contribution in [3.63, 3.8) is 0 Å². The highest BCUT2D eigenvalue weighted by atomic mass is 32.1. The van der Waals surface area contributed by atoms with Crippen LogP contribution in [0.3, 0.4) is 0 Å². The lowest BCUT2D eigenvalue weighted by molar-refractivity contribution is -0.126. The van der Waals surface area contributed by atoms with E-state index in [1.54, 1.807) is 7.11 Å². The topological polar surface area (TPSA) is 56.8 Å². The lowest BCUT2D eigenvalue weighted by Crippen LogP contribution is -2.29. The van der Waals surface area contributed by atoms with E-state index in [2.05, 4.69) is 17.9 Å². The summed E-state index contributed by atoms with van der Waals surface area (Å²) in [6.45, 7) is 2.87. The van der Waals surface area contributed by atoms with Crippen molar-refractivity contribution in [2.24, 2.45) is 0 Å². The number of hydrogen-bond donors (Lipinski definition) is 2. The van der Waals surface area contributed by atoms with Crippen LogP contribution >= 0.6 is 12.6 Å². The molecule has 0 saturated carbocycles. The number of hydrogen-bond acceptors (Lipinski definition) is 5. The highest BCUT2D eigenvalue weighted by molar-refractivity contribution is 7.80. The summed E-state index contributed by atoms with van der Waals surface area (Å²) < 4.78 is 15.2. The van der Waals surface area contributed by atoms with Crippen LogP contribution in [0.2, 0.25) is 0 Å². The molecule has 0 fully saturated rings. The third kappa shape index (κ3) is 15.6. The fourth-order valence-corrected chi connectivity index (χ4v) is 1.62. The third-order valence-corrected chi connectivity index (χ3v) is 2.76. The molecule has 0 spiro atoms. The van der Waals surface area contributed by atoms with Gasteiger partial charge < -0.3 is 19.5 Å². The molecule has 0 heterocycles. The van der Waals surface area contributed by atoms with Gasteiger partial charge in [0.25, 0.3) is 0 Å². The molecule has 0 bridgehead atoms. The molecule has 1 amide bonds. The maximum Gasteiger partial charge on any atom is 0.245 e.